The molecule has 6 heteroatoms. The summed E-state index contributed by atoms with van der Waals surface area (Å²) in [5.74, 6) is -1.44. The van der Waals surface area contributed by atoms with Crippen LogP contribution in [0.15, 0.2) is 24.5 Å². The number of hydrogen-bond acceptors (Lipinski definition) is 5. The lowest BCUT2D eigenvalue weighted by molar-refractivity contribution is -0.165. The summed E-state index contributed by atoms with van der Waals surface area (Å²) in [7, 11) is 0. The molecule has 2 rings (SSSR count). The molecule has 0 spiro atoms. The first-order chi connectivity index (χ1) is 11.9. The van der Waals surface area contributed by atoms with Crippen LogP contribution in [-0.2, 0) is 25.5 Å². The number of esters is 1. The molecule has 0 aliphatic carbocycles. The van der Waals surface area contributed by atoms with Crippen LogP contribution >= 0.6 is 0 Å². The van der Waals surface area contributed by atoms with Crippen LogP contribution < -0.4 is 0 Å². The third-order valence-corrected chi connectivity index (χ3v) is 4.82. The third kappa shape index (κ3) is 4.65. The number of nitrogens with zero attached hydrogens (tertiary/aromatic N) is 2. The zero-order chi connectivity index (χ0) is 18.4. The highest BCUT2D eigenvalue weighted by Crippen LogP contribution is 2.26. The highest BCUT2D eigenvalue weighted by molar-refractivity contribution is 6.38. The van der Waals surface area contributed by atoms with Gasteiger partial charge in [-0.05, 0) is 37.3 Å². The van der Waals surface area contributed by atoms with Crippen molar-refractivity contribution in [3.8, 4) is 0 Å². The predicted molar refractivity (Wildman–Crippen MR) is 92.7 cm³/mol. The molecule has 25 heavy (non-hydrogen) atoms. The molecule has 0 N–H and O–H groups in total. The van der Waals surface area contributed by atoms with E-state index < -0.39 is 29.1 Å². The van der Waals surface area contributed by atoms with Crippen LogP contribution in [0.5, 0.6) is 0 Å². The van der Waals surface area contributed by atoms with Gasteiger partial charge in [0.1, 0.15) is 6.04 Å². The number of ketones is 1. The quantitative estimate of drug-likeness (QED) is 0.409. The zero-order valence-electron chi connectivity index (χ0n) is 15.2. The number of Topliss-reactive ketones (excluding diaryl/α,β-unsaturated/α-hetero) is 1. The third-order valence-electron chi connectivity index (χ3n) is 4.82. The molecule has 0 radical (unpaired) electrons. The van der Waals surface area contributed by atoms with Gasteiger partial charge in [0.25, 0.3) is 5.91 Å². The van der Waals surface area contributed by atoms with Gasteiger partial charge in [-0.3, -0.25) is 14.6 Å². The molecule has 1 amide bonds. The Labute approximate surface area is 148 Å². The van der Waals surface area contributed by atoms with Crippen molar-refractivity contribution in [2.45, 2.75) is 52.5 Å². The van der Waals surface area contributed by atoms with Gasteiger partial charge in [0, 0.05) is 24.4 Å². The molecular formula is C19H26N2O4. The molecule has 0 bridgehead atoms. The fourth-order valence-corrected chi connectivity index (χ4v) is 2.55. The summed E-state index contributed by atoms with van der Waals surface area (Å²) in [4.78, 5) is 42.1. The van der Waals surface area contributed by atoms with Gasteiger partial charge in [0.15, 0.2) is 0 Å². The van der Waals surface area contributed by atoms with Crippen molar-refractivity contribution in [2.75, 3.05) is 13.2 Å². The van der Waals surface area contributed by atoms with Crippen LogP contribution in [0.1, 0.15) is 45.6 Å². The van der Waals surface area contributed by atoms with E-state index in [1.54, 1.807) is 26.2 Å². The number of carbonyl (C=O) groups excluding carboxylic acids is 3. The van der Waals surface area contributed by atoms with Gasteiger partial charge in [0.2, 0.25) is 5.78 Å². The first-order valence-electron chi connectivity index (χ1n) is 8.77. The molecule has 1 aliphatic rings. The number of hydrogen-bond donors (Lipinski definition) is 0. The van der Waals surface area contributed by atoms with Gasteiger partial charge in [-0.25, -0.2) is 4.79 Å². The van der Waals surface area contributed by atoms with Crippen LogP contribution in [0.3, 0.4) is 0 Å². The number of aromatic nitrogens is 1. The summed E-state index contributed by atoms with van der Waals surface area (Å²) < 4.78 is 5.28. The van der Waals surface area contributed by atoms with E-state index >= 15 is 0 Å². The minimum atomic E-state index is -0.704. The summed E-state index contributed by atoms with van der Waals surface area (Å²) in [6, 6.07) is 3.22. The lowest BCUT2D eigenvalue weighted by atomic mass is 9.84. The second-order valence-corrected chi connectivity index (χ2v) is 7.00. The van der Waals surface area contributed by atoms with Gasteiger partial charge in [-0.2, -0.15) is 0 Å². The highest BCUT2D eigenvalue weighted by atomic mass is 16.5. The number of pyridine rings is 1. The Morgan fingerprint density at radius 2 is 2.12 bits per heavy atom. The maximum Gasteiger partial charge on any atom is 0.328 e. The molecule has 1 atom stereocenters. The molecular weight excluding hydrogens is 320 g/mol. The molecule has 136 valence electrons. The van der Waals surface area contributed by atoms with Crippen molar-refractivity contribution >= 4 is 17.7 Å². The summed E-state index contributed by atoms with van der Waals surface area (Å²) in [6.07, 6.45) is 6.10. The molecule has 1 aromatic rings. The van der Waals surface area contributed by atoms with Gasteiger partial charge in [-0.15, -0.1) is 0 Å². The lowest BCUT2D eigenvalue weighted by Crippen LogP contribution is -2.59. The van der Waals surface area contributed by atoms with Gasteiger partial charge >= 0.3 is 5.97 Å². The second-order valence-electron chi connectivity index (χ2n) is 7.00. The molecule has 1 aromatic heterocycles. The number of carbonyl (C=O) groups is 3. The fourth-order valence-electron chi connectivity index (χ4n) is 2.55. The zero-order valence-corrected chi connectivity index (χ0v) is 15.2. The van der Waals surface area contributed by atoms with Crippen LogP contribution in [-0.4, -0.2) is 46.7 Å². The maximum absolute atomic E-state index is 12.3. The van der Waals surface area contributed by atoms with Gasteiger partial charge in [-0.1, -0.05) is 26.8 Å². The van der Waals surface area contributed by atoms with E-state index in [9.17, 15) is 14.4 Å². The van der Waals surface area contributed by atoms with E-state index in [2.05, 4.69) is 4.98 Å². The second kappa shape index (κ2) is 8.23. The van der Waals surface area contributed by atoms with Crippen molar-refractivity contribution in [3.63, 3.8) is 0 Å². The minimum Gasteiger partial charge on any atom is -0.464 e. The topological polar surface area (TPSA) is 76.6 Å². The summed E-state index contributed by atoms with van der Waals surface area (Å²) in [6.45, 7) is 6.09. The Bertz CT molecular complexity index is 628. The van der Waals surface area contributed by atoms with Crippen molar-refractivity contribution in [1.29, 1.82) is 0 Å². The van der Waals surface area contributed by atoms with Crippen molar-refractivity contribution < 1.29 is 19.1 Å². The first kappa shape index (κ1) is 19.1. The first-order valence-corrected chi connectivity index (χ1v) is 8.77. The molecule has 2 heterocycles. The fraction of sp³-hybridized carbons (Fsp3) is 0.579. The molecule has 1 aliphatic heterocycles. The molecule has 1 fully saturated rings. The standard InChI is InChI=1S/C19H26N2O4/c1-4-19(2,3)16(22)17(23)21-11-9-15(21)18(24)25-12-6-8-14-7-5-10-20-13-14/h5,7,10,13,15H,4,6,8-9,11-12H2,1-3H3. The Morgan fingerprint density at radius 3 is 2.68 bits per heavy atom. The number of ether oxygens (including phenoxy) is 1. The Morgan fingerprint density at radius 1 is 1.36 bits per heavy atom. The number of likely N-dealkylation sites (tertiary alicyclic amines) is 1. The maximum atomic E-state index is 12.3. The Kier molecular flexibility index (Phi) is 6.28. The summed E-state index contributed by atoms with van der Waals surface area (Å²) in [5, 5.41) is 0. The molecule has 0 aromatic carbocycles. The normalized spacial score (nSPS) is 16.9. The number of rotatable bonds is 8. The Hall–Kier alpha value is -2.24. The minimum absolute atomic E-state index is 0.292. The lowest BCUT2D eigenvalue weighted by Gasteiger charge is -2.39. The van der Waals surface area contributed by atoms with Crippen LogP contribution in [0.4, 0.5) is 0 Å². The van der Waals surface area contributed by atoms with E-state index in [1.807, 2.05) is 19.1 Å². The van der Waals surface area contributed by atoms with E-state index in [-0.39, 0.29) is 0 Å². The average molecular weight is 346 g/mol. The molecule has 1 unspecified atom stereocenters. The molecule has 1 saturated heterocycles. The van der Waals surface area contributed by atoms with E-state index in [1.165, 1.54) is 4.90 Å². The summed E-state index contributed by atoms with van der Waals surface area (Å²) >= 11 is 0. The number of aryl methyl sites for hydroxylation is 1. The monoisotopic (exact) mass is 346 g/mol. The predicted octanol–water partition coefficient (Wildman–Crippen LogP) is 2.16. The van der Waals surface area contributed by atoms with Crippen LogP contribution in [0.25, 0.3) is 0 Å². The van der Waals surface area contributed by atoms with E-state index in [0.29, 0.717) is 32.4 Å². The Balaban J connectivity index is 1.78. The SMILES string of the molecule is CCC(C)(C)C(=O)C(=O)N1CCC1C(=O)OCCCc1cccnc1. The average Bonchev–Trinajstić information content (AvgIpc) is 2.58. The smallest absolute Gasteiger partial charge is 0.328 e. The van der Waals surface area contributed by atoms with Gasteiger partial charge < -0.3 is 9.64 Å². The van der Waals surface area contributed by atoms with Crippen LogP contribution in [0.2, 0.25) is 0 Å². The highest BCUT2D eigenvalue weighted by Gasteiger charge is 2.44. The van der Waals surface area contributed by atoms with Crippen molar-refractivity contribution in [3.05, 3.63) is 30.1 Å². The number of amides is 1. The van der Waals surface area contributed by atoms with Crippen molar-refractivity contribution in [2.24, 2.45) is 5.41 Å². The van der Waals surface area contributed by atoms with Gasteiger partial charge in [0.05, 0.1) is 6.61 Å². The van der Waals surface area contributed by atoms with E-state index in [4.69, 9.17) is 4.74 Å². The molecule has 6 nitrogen and oxygen atoms in total. The van der Waals surface area contributed by atoms with Crippen LogP contribution in [0, 0.1) is 5.41 Å². The largest absolute Gasteiger partial charge is 0.464 e. The van der Waals surface area contributed by atoms with Crippen molar-refractivity contribution in [1.82, 2.24) is 9.88 Å². The molecule has 0 saturated carbocycles. The van der Waals surface area contributed by atoms with E-state index in [0.717, 1.165) is 12.0 Å². The summed E-state index contributed by atoms with van der Waals surface area (Å²) in [5.41, 5.74) is 0.386.